The second-order valence-corrected chi connectivity index (χ2v) is 8.55. The SMILES string of the molecule is O=C(Cc1cc(NC2CCCC2)c2[nH]c(-c3ccccc3)cc2c1)N1CCCC1. The second-order valence-electron chi connectivity index (χ2n) is 8.55. The fourth-order valence-electron chi connectivity index (χ4n) is 4.84. The number of nitrogens with zero attached hydrogens (tertiary/aromatic N) is 1. The lowest BCUT2D eigenvalue weighted by atomic mass is 10.1. The second kappa shape index (κ2) is 7.94. The molecule has 1 aliphatic heterocycles. The highest BCUT2D eigenvalue weighted by atomic mass is 16.2. The van der Waals surface area contributed by atoms with Gasteiger partial charge in [-0.1, -0.05) is 43.2 Å². The summed E-state index contributed by atoms with van der Waals surface area (Å²) >= 11 is 0. The number of aromatic amines is 1. The zero-order valence-electron chi connectivity index (χ0n) is 16.9. The van der Waals surface area contributed by atoms with Gasteiger partial charge in [0.1, 0.15) is 0 Å². The lowest BCUT2D eigenvalue weighted by Crippen LogP contribution is -2.29. The van der Waals surface area contributed by atoms with Crippen LogP contribution in [0.3, 0.4) is 0 Å². The van der Waals surface area contributed by atoms with E-state index in [1.165, 1.54) is 36.6 Å². The fraction of sp³-hybridized carbons (Fsp3) is 0.400. The third-order valence-electron chi connectivity index (χ3n) is 6.40. The van der Waals surface area contributed by atoms with Crippen molar-refractivity contribution in [1.82, 2.24) is 9.88 Å². The molecule has 1 saturated heterocycles. The molecule has 2 aliphatic rings. The zero-order chi connectivity index (χ0) is 19.6. The van der Waals surface area contributed by atoms with Gasteiger partial charge in [-0.15, -0.1) is 0 Å². The average molecular weight is 388 g/mol. The van der Waals surface area contributed by atoms with Crippen LogP contribution in [0.5, 0.6) is 0 Å². The van der Waals surface area contributed by atoms with E-state index in [4.69, 9.17) is 0 Å². The van der Waals surface area contributed by atoms with Crippen molar-refractivity contribution in [2.24, 2.45) is 0 Å². The molecule has 2 N–H and O–H groups in total. The van der Waals surface area contributed by atoms with Crippen molar-refractivity contribution in [3.8, 4) is 11.3 Å². The van der Waals surface area contributed by atoms with Gasteiger partial charge in [0.15, 0.2) is 0 Å². The van der Waals surface area contributed by atoms with Crippen LogP contribution in [0.4, 0.5) is 5.69 Å². The molecule has 1 saturated carbocycles. The van der Waals surface area contributed by atoms with Crippen LogP contribution >= 0.6 is 0 Å². The Labute approximate surface area is 172 Å². The van der Waals surface area contributed by atoms with Crippen molar-refractivity contribution in [3.05, 3.63) is 54.1 Å². The van der Waals surface area contributed by atoms with Crippen LogP contribution in [0.2, 0.25) is 0 Å². The van der Waals surface area contributed by atoms with E-state index in [2.05, 4.69) is 52.8 Å². The predicted molar refractivity (Wildman–Crippen MR) is 119 cm³/mol. The largest absolute Gasteiger partial charge is 0.381 e. The Morgan fingerprint density at radius 1 is 1.00 bits per heavy atom. The lowest BCUT2D eigenvalue weighted by Gasteiger charge is -2.18. The normalized spacial score (nSPS) is 17.3. The highest BCUT2D eigenvalue weighted by Gasteiger charge is 2.20. The lowest BCUT2D eigenvalue weighted by molar-refractivity contribution is -0.129. The summed E-state index contributed by atoms with van der Waals surface area (Å²) in [6.07, 6.45) is 7.81. The molecule has 1 aliphatic carbocycles. The van der Waals surface area contributed by atoms with Gasteiger partial charge in [0, 0.05) is 30.2 Å². The molecule has 2 aromatic carbocycles. The minimum atomic E-state index is 0.257. The van der Waals surface area contributed by atoms with Gasteiger partial charge in [0.2, 0.25) is 5.91 Å². The van der Waals surface area contributed by atoms with Gasteiger partial charge in [-0.05, 0) is 55.0 Å². The molecular formula is C25H29N3O. The smallest absolute Gasteiger partial charge is 0.226 e. The first-order valence-electron chi connectivity index (χ1n) is 11.0. The monoisotopic (exact) mass is 387 g/mol. The molecule has 5 rings (SSSR count). The summed E-state index contributed by atoms with van der Waals surface area (Å²) in [4.78, 5) is 18.4. The first-order valence-corrected chi connectivity index (χ1v) is 11.0. The first-order chi connectivity index (χ1) is 14.3. The number of carbonyl (C=O) groups excluding carboxylic acids is 1. The number of aromatic nitrogens is 1. The Kier molecular flexibility index (Phi) is 5.01. The van der Waals surface area contributed by atoms with E-state index in [1.54, 1.807) is 0 Å². The van der Waals surface area contributed by atoms with E-state index < -0.39 is 0 Å². The van der Waals surface area contributed by atoms with Crippen molar-refractivity contribution in [1.29, 1.82) is 0 Å². The van der Waals surface area contributed by atoms with Crippen LogP contribution in [0.25, 0.3) is 22.2 Å². The summed E-state index contributed by atoms with van der Waals surface area (Å²) in [5, 5.41) is 4.95. The molecule has 3 aromatic rings. The number of carbonyl (C=O) groups is 1. The van der Waals surface area contributed by atoms with Crippen LogP contribution in [-0.4, -0.2) is 34.9 Å². The van der Waals surface area contributed by atoms with Gasteiger partial charge in [-0.3, -0.25) is 4.79 Å². The number of hydrogen-bond acceptors (Lipinski definition) is 2. The van der Waals surface area contributed by atoms with Crippen LogP contribution in [0.1, 0.15) is 44.1 Å². The van der Waals surface area contributed by atoms with Crippen molar-refractivity contribution in [3.63, 3.8) is 0 Å². The number of likely N-dealkylation sites (tertiary alicyclic amines) is 1. The third-order valence-corrected chi connectivity index (χ3v) is 6.40. The summed E-state index contributed by atoms with van der Waals surface area (Å²) in [5.74, 6) is 0.257. The number of rotatable bonds is 5. The maximum Gasteiger partial charge on any atom is 0.226 e. The molecule has 0 unspecified atom stereocenters. The standard InChI is InChI=1S/C25H29N3O/c29-24(28-12-6-7-13-28)16-18-14-20-17-22(19-8-2-1-3-9-19)27-25(20)23(15-18)26-21-10-4-5-11-21/h1-3,8-9,14-15,17,21,26-27H,4-7,10-13,16H2. The zero-order valence-corrected chi connectivity index (χ0v) is 16.9. The molecule has 0 bridgehead atoms. The molecule has 0 atom stereocenters. The average Bonchev–Trinajstić information content (AvgIpc) is 3.50. The van der Waals surface area contributed by atoms with Gasteiger partial charge in [0.05, 0.1) is 17.6 Å². The predicted octanol–water partition coefficient (Wildman–Crippen LogP) is 5.35. The maximum absolute atomic E-state index is 12.7. The molecule has 0 spiro atoms. The van der Waals surface area contributed by atoms with E-state index in [0.29, 0.717) is 12.5 Å². The minimum Gasteiger partial charge on any atom is -0.381 e. The molecule has 2 heterocycles. The van der Waals surface area contributed by atoms with E-state index in [-0.39, 0.29) is 5.91 Å². The Bertz CT molecular complexity index is 996. The Morgan fingerprint density at radius 3 is 2.52 bits per heavy atom. The van der Waals surface area contributed by atoms with Gasteiger partial charge in [-0.25, -0.2) is 0 Å². The number of H-pyrrole nitrogens is 1. The summed E-state index contributed by atoms with van der Waals surface area (Å²) in [7, 11) is 0. The quantitative estimate of drug-likeness (QED) is 0.620. The van der Waals surface area contributed by atoms with Gasteiger partial charge >= 0.3 is 0 Å². The van der Waals surface area contributed by atoms with Gasteiger partial charge in [-0.2, -0.15) is 0 Å². The Morgan fingerprint density at radius 2 is 1.76 bits per heavy atom. The van der Waals surface area contributed by atoms with Crippen LogP contribution < -0.4 is 5.32 Å². The number of benzene rings is 2. The highest BCUT2D eigenvalue weighted by Crippen LogP contribution is 2.33. The molecular weight excluding hydrogens is 358 g/mol. The molecule has 2 fully saturated rings. The number of nitrogens with one attached hydrogen (secondary N) is 2. The van der Waals surface area contributed by atoms with Crippen molar-refractivity contribution >= 4 is 22.5 Å². The number of anilines is 1. The van der Waals surface area contributed by atoms with E-state index >= 15 is 0 Å². The number of hydrogen-bond donors (Lipinski definition) is 2. The van der Waals surface area contributed by atoms with Gasteiger partial charge in [0.25, 0.3) is 0 Å². The molecule has 1 aromatic heterocycles. The summed E-state index contributed by atoms with van der Waals surface area (Å²) in [6.45, 7) is 1.83. The van der Waals surface area contributed by atoms with Crippen LogP contribution in [0.15, 0.2) is 48.5 Å². The Hall–Kier alpha value is -2.75. The van der Waals surface area contributed by atoms with Crippen LogP contribution in [0, 0.1) is 0 Å². The fourth-order valence-corrected chi connectivity index (χ4v) is 4.84. The highest BCUT2D eigenvalue weighted by molar-refractivity contribution is 5.96. The summed E-state index contributed by atoms with van der Waals surface area (Å²) < 4.78 is 0. The van der Waals surface area contributed by atoms with Crippen LogP contribution in [-0.2, 0) is 11.2 Å². The third kappa shape index (κ3) is 3.89. The molecule has 1 amide bonds. The van der Waals surface area contributed by atoms with Gasteiger partial charge < -0.3 is 15.2 Å². The van der Waals surface area contributed by atoms with Crippen molar-refractivity contribution in [2.45, 2.75) is 51.0 Å². The number of amides is 1. The molecule has 150 valence electrons. The van der Waals surface area contributed by atoms with Crippen molar-refractivity contribution in [2.75, 3.05) is 18.4 Å². The van der Waals surface area contributed by atoms with E-state index in [0.717, 1.165) is 48.4 Å². The van der Waals surface area contributed by atoms with E-state index in [1.807, 2.05) is 11.0 Å². The summed E-state index contributed by atoms with van der Waals surface area (Å²) in [5.41, 5.74) is 5.70. The summed E-state index contributed by atoms with van der Waals surface area (Å²) in [6, 6.07) is 17.6. The molecule has 0 radical (unpaired) electrons. The molecule has 4 nitrogen and oxygen atoms in total. The maximum atomic E-state index is 12.7. The minimum absolute atomic E-state index is 0.257. The molecule has 29 heavy (non-hydrogen) atoms. The first kappa shape index (κ1) is 18.3. The Balaban J connectivity index is 1.50. The number of fused-ring (bicyclic) bond motifs is 1. The van der Waals surface area contributed by atoms with Crippen molar-refractivity contribution < 1.29 is 4.79 Å². The van der Waals surface area contributed by atoms with E-state index in [9.17, 15) is 4.79 Å². The topological polar surface area (TPSA) is 48.1 Å². The molecule has 4 heteroatoms.